The molecule has 3 N–H and O–H groups in total. The van der Waals surface area contributed by atoms with E-state index in [0.29, 0.717) is 6.42 Å². The molecule has 5 unspecified atom stereocenters. The molecule has 2 aromatic carbocycles. The van der Waals surface area contributed by atoms with Gasteiger partial charge in [-0.2, -0.15) is 12.6 Å². The van der Waals surface area contributed by atoms with Crippen LogP contribution in [0.5, 0.6) is 0 Å². The van der Waals surface area contributed by atoms with E-state index < -0.39 is 0 Å². The molecular weight excluding hydrogens is 445 g/mol. The van der Waals surface area contributed by atoms with Crippen LogP contribution in [-0.2, 0) is 0 Å². The fraction of sp³-hybridized carbons (Fsp3) is 0.462. The third-order valence-electron chi connectivity index (χ3n) is 6.77. The van der Waals surface area contributed by atoms with E-state index >= 15 is 0 Å². The highest BCUT2D eigenvalue weighted by Gasteiger charge is 2.49. The number of benzene rings is 2. The Morgan fingerprint density at radius 1 is 1.23 bits per heavy atom. The first-order valence-electron chi connectivity index (χ1n) is 10.8. The SMILES string of the molecule is C=CC1(CCO)CCC(c2ccc(C)cc2Cl)C(c2ccc(Cl)cc2)C1C(C)N.CS. The van der Waals surface area contributed by atoms with Gasteiger partial charge in [-0.15, -0.1) is 6.58 Å². The second-order valence-corrected chi connectivity index (χ2v) is 9.39. The molecule has 0 saturated heterocycles. The molecule has 1 aliphatic carbocycles. The summed E-state index contributed by atoms with van der Waals surface area (Å²) in [7, 11) is 0. The topological polar surface area (TPSA) is 46.2 Å². The van der Waals surface area contributed by atoms with Crippen LogP contribution >= 0.6 is 35.8 Å². The molecule has 0 aromatic heterocycles. The number of halogens is 2. The number of hydrogen-bond donors (Lipinski definition) is 3. The van der Waals surface area contributed by atoms with Crippen LogP contribution in [0, 0.1) is 18.3 Å². The summed E-state index contributed by atoms with van der Waals surface area (Å²) >= 11 is 16.4. The zero-order valence-corrected chi connectivity index (χ0v) is 21.1. The van der Waals surface area contributed by atoms with Crippen molar-refractivity contribution in [3.8, 4) is 0 Å². The zero-order chi connectivity index (χ0) is 23.2. The third kappa shape index (κ3) is 5.69. The Morgan fingerprint density at radius 2 is 1.87 bits per heavy atom. The highest BCUT2D eigenvalue weighted by Crippen LogP contribution is 2.58. The number of rotatable bonds is 6. The third-order valence-corrected chi connectivity index (χ3v) is 7.34. The lowest BCUT2D eigenvalue weighted by Gasteiger charge is -2.52. The average molecular weight is 481 g/mol. The number of aliphatic hydroxyl groups is 1. The Bertz CT molecular complexity index is 855. The first kappa shape index (κ1) is 26.3. The predicted molar refractivity (Wildman–Crippen MR) is 139 cm³/mol. The van der Waals surface area contributed by atoms with Gasteiger partial charge < -0.3 is 10.8 Å². The molecule has 0 spiro atoms. The standard InChI is InChI=1S/C25H31Cl2NO.CH4S/c1-4-25(13-14-29)12-11-21(20-10-5-16(2)15-22(20)27)23(24(25)17(3)28)18-6-8-19(26)9-7-18;1-2/h4-10,15,17,21,23-24,29H,1,11-14,28H2,2-3H3;2H,1H3. The minimum absolute atomic E-state index is 0.0627. The van der Waals surface area contributed by atoms with Gasteiger partial charge in [0.25, 0.3) is 0 Å². The molecule has 31 heavy (non-hydrogen) atoms. The van der Waals surface area contributed by atoms with E-state index in [0.717, 1.165) is 28.5 Å². The summed E-state index contributed by atoms with van der Waals surface area (Å²) in [6.07, 6.45) is 6.29. The number of aryl methyl sites for hydroxylation is 1. The van der Waals surface area contributed by atoms with Gasteiger partial charge in [0.1, 0.15) is 0 Å². The predicted octanol–water partition coefficient (Wildman–Crippen LogP) is 7.03. The van der Waals surface area contributed by atoms with Crippen molar-refractivity contribution in [1.29, 1.82) is 0 Å². The summed E-state index contributed by atoms with van der Waals surface area (Å²) in [5.41, 5.74) is 9.95. The summed E-state index contributed by atoms with van der Waals surface area (Å²) in [4.78, 5) is 0. The van der Waals surface area contributed by atoms with Gasteiger partial charge in [-0.3, -0.25) is 0 Å². The van der Waals surface area contributed by atoms with Gasteiger partial charge in [-0.05, 0) is 97.4 Å². The van der Waals surface area contributed by atoms with Crippen LogP contribution in [0.1, 0.15) is 54.7 Å². The van der Waals surface area contributed by atoms with Crippen LogP contribution in [-0.4, -0.2) is 24.0 Å². The summed E-state index contributed by atoms with van der Waals surface area (Å²) < 4.78 is 0. The Labute approximate surface area is 203 Å². The van der Waals surface area contributed by atoms with Gasteiger partial charge >= 0.3 is 0 Å². The van der Waals surface area contributed by atoms with E-state index in [1.54, 1.807) is 6.26 Å². The number of aliphatic hydroxyl groups excluding tert-OH is 1. The van der Waals surface area contributed by atoms with Crippen molar-refractivity contribution in [3.63, 3.8) is 0 Å². The van der Waals surface area contributed by atoms with Gasteiger partial charge in [0.05, 0.1) is 0 Å². The molecule has 0 bridgehead atoms. The summed E-state index contributed by atoms with van der Waals surface area (Å²) in [5, 5.41) is 11.4. The number of nitrogens with two attached hydrogens (primary N) is 1. The maximum absolute atomic E-state index is 9.84. The van der Waals surface area contributed by atoms with Crippen molar-refractivity contribution in [3.05, 3.63) is 81.9 Å². The minimum Gasteiger partial charge on any atom is -0.396 e. The minimum atomic E-state index is -0.207. The molecule has 2 aromatic rings. The fourth-order valence-electron chi connectivity index (χ4n) is 5.48. The first-order valence-corrected chi connectivity index (χ1v) is 12.4. The van der Waals surface area contributed by atoms with Crippen molar-refractivity contribution in [2.75, 3.05) is 12.9 Å². The Balaban J connectivity index is 0.00000166. The van der Waals surface area contributed by atoms with Crippen molar-refractivity contribution in [1.82, 2.24) is 0 Å². The van der Waals surface area contributed by atoms with Crippen LogP contribution in [0.2, 0.25) is 10.0 Å². The number of allylic oxidation sites excluding steroid dienone is 1. The average Bonchev–Trinajstić information content (AvgIpc) is 2.76. The second-order valence-electron chi connectivity index (χ2n) is 8.54. The molecule has 5 heteroatoms. The lowest BCUT2D eigenvalue weighted by atomic mass is 9.53. The molecular formula is C26H35Cl2NOS. The van der Waals surface area contributed by atoms with Gasteiger partial charge in [0.2, 0.25) is 0 Å². The lowest BCUT2D eigenvalue weighted by molar-refractivity contribution is 0.0616. The molecule has 0 heterocycles. The number of thiol groups is 1. The van der Waals surface area contributed by atoms with Crippen LogP contribution in [0.4, 0.5) is 0 Å². The summed E-state index contributed by atoms with van der Waals surface area (Å²) in [5.74, 6) is 0.530. The summed E-state index contributed by atoms with van der Waals surface area (Å²) in [6.45, 7) is 8.42. The second kappa shape index (κ2) is 11.8. The molecule has 0 amide bonds. The summed E-state index contributed by atoms with van der Waals surface area (Å²) in [6, 6.07) is 14.4. The van der Waals surface area contributed by atoms with Crippen molar-refractivity contribution >= 4 is 35.8 Å². The van der Waals surface area contributed by atoms with Gasteiger partial charge in [-0.1, -0.05) is 53.5 Å². The van der Waals surface area contributed by atoms with Gasteiger partial charge in [0, 0.05) is 22.7 Å². The molecule has 5 atom stereocenters. The Hall–Kier alpha value is -0.970. The highest BCUT2D eigenvalue weighted by atomic mass is 35.5. The van der Waals surface area contributed by atoms with E-state index in [1.807, 2.05) is 24.3 Å². The number of hydrogen-bond acceptors (Lipinski definition) is 3. The molecule has 0 radical (unpaired) electrons. The van der Waals surface area contributed by atoms with E-state index in [1.165, 1.54) is 11.1 Å². The van der Waals surface area contributed by atoms with E-state index in [-0.39, 0.29) is 35.8 Å². The largest absolute Gasteiger partial charge is 0.396 e. The van der Waals surface area contributed by atoms with Crippen LogP contribution in [0.15, 0.2) is 55.1 Å². The van der Waals surface area contributed by atoms with Crippen molar-refractivity contribution in [2.45, 2.75) is 51.0 Å². The molecule has 1 aliphatic rings. The smallest absolute Gasteiger partial charge is 0.0443 e. The Morgan fingerprint density at radius 3 is 2.39 bits per heavy atom. The van der Waals surface area contributed by atoms with E-state index in [4.69, 9.17) is 28.9 Å². The van der Waals surface area contributed by atoms with E-state index in [9.17, 15) is 5.11 Å². The van der Waals surface area contributed by atoms with Crippen LogP contribution < -0.4 is 5.73 Å². The molecule has 1 saturated carbocycles. The maximum Gasteiger partial charge on any atom is 0.0443 e. The molecule has 3 rings (SSSR count). The Kier molecular flexibility index (Phi) is 9.98. The first-order chi connectivity index (χ1) is 14.8. The maximum atomic E-state index is 9.84. The van der Waals surface area contributed by atoms with Crippen molar-refractivity contribution in [2.24, 2.45) is 17.1 Å². The molecule has 170 valence electrons. The van der Waals surface area contributed by atoms with Crippen LogP contribution in [0.25, 0.3) is 0 Å². The normalized spacial score (nSPS) is 26.5. The highest BCUT2D eigenvalue weighted by molar-refractivity contribution is 7.79. The fourth-order valence-corrected chi connectivity index (χ4v) is 5.98. The van der Waals surface area contributed by atoms with Crippen molar-refractivity contribution < 1.29 is 5.11 Å². The molecule has 0 aliphatic heterocycles. The van der Waals surface area contributed by atoms with Gasteiger partial charge in [0.15, 0.2) is 0 Å². The lowest BCUT2D eigenvalue weighted by Crippen LogP contribution is -2.48. The van der Waals surface area contributed by atoms with E-state index in [2.05, 4.69) is 57.3 Å². The monoisotopic (exact) mass is 479 g/mol. The zero-order valence-electron chi connectivity index (χ0n) is 18.7. The van der Waals surface area contributed by atoms with Crippen LogP contribution in [0.3, 0.4) is 0 Å². The quantitative estimate of drug-likeness (QED) is 0.307. The molecule has 1 fully saturated rings. The molecule has 2 nitrogen and oxygen atoms in total. The van der Waals surface area contributed by atoms with Gasteiger partial charge in [-0.25, -0.2) is 0 Å².